The fourth-order valence-electron chi connectivity index (χ4n) is 6.29. The summed E-state index contributed by atoms with van der Waals surface area (Å²) >= 11 is 1.41. The van der Waals surface area contributed by atoms with Crippen molar-refractivity contribution in [1.29, 1.82) is 0 Å². The zero-order valence-electron chi connectivity index (χ0n) is 17.2. The van der Waals surface area contributed by atoms with E-state index >= 15 is 0 Å². The molecule has 4 fully saturated rings. The maximum Gasteiger partial charge on any atom is 0.151 e. The van der Waals surface area contributed by atoms with Gasteiger partial charge in [-0.25, -0.2) is 4.98 Å². The molecule has 4 N–H and O–H groups in total. The van der Waals surface area contributed by atoms with E-state index in [9.17, 15) is 10.2 Å². The summed E-state index contributed by atoms with van der Waals surface area (Å²) in [4.78, 5) is 7.80. The average Bonchev–Trinajstić information content (AvgIpc) is 3.32. The fraction of sp³-hybridized carbons (Fsp3) is 0.591. The first-order valence-corrected chi connectivity index (χ1v) is 11.6. The lowest BCUT2D eigenvalue weighted by Gasteiger charge is -2.58. The Labute approximate surface area is 179 Å². The summed E-state index contributed by atoms with van der Waals surface area (Å²) in [7, 11) is 0. The minimum atomic E-state index is -1.02. The molecular weight excluding hydrogens is 398 g/mol. The Bertz CT molecular complexity index is 1100. The van der Waals surface area contributed by atoms with Gasteiger partial charge in [0.1, 0.15) is 16.3 Å². The first-order chi connectivity index (χ1) is 14.3. The number of pyridine rings is 1. The number of fused-ring (bicyclic) bond motifs is 1. The standard InChI is InChI=1S/C22H27N5O2S/c1-21(2,28)20-27-26-19(30-20)15-10-24-18-14(3-4-23-18)17(15)25-16-12-5-11-6-13(16)9-22(29,7-11)8-12/h3-4,10-13,16,28-29H,5-9H2,1-2H3,(H2,23,24,25)/t11?,12-,13+,16+,22-. The van der Waals surface area contributed by atoms with Gasteiger partial charge in [-0.3, -0.25) is 0 Å². The van der Waals surface area contributed by atoms with Gasteiger partial charge in [0.2, 0.25) is 0 Å². The van der Waals surface area contributed by atoms with Gasteiger partial charge in [-0.05, 0) is 69.8 Å². The van der Waals surface area contributed by atoms with Crippen LogP contribution in [0.4, 0.5) is 5.69 Å². The number of aliphatic hydroxyl groups is 2. The Morgan fingerprint density at radius 3 is 2.63 bits per heavy atom. The highest BCUT2D eigenvalue weighted by molar-refractivity contribution is 7.14. The Balaban J connectivity index is 1.41. The smallest absolute Gasteiger partial charge is 0.151 e. The van der Waals surface area contributed by atoms with Gasteiger partial charge >= 0.3 is 0 Å². The molecule has 7 nitrogen and oxygen atoms in total. The van der Waals surface area contributed by atoms with Crippen LogP contribution in [0.3, 0.4) is 0 Å². The molecular formula is C22H27N5O2S. The molecule has 0 aliphatic heterocycles. The van der Waals surface area contributed by atoms with Gasteiger partial charge in [-0.15, -0.1) is 10.2 Å². The van der Waals surface area contributed by atoms with Crippen LogP contribution in [0.5, 0.6) is 0 Å². The molecule has 0 aromatic carbocycles. The molecule has 4 bridgehead atoms. The van der Waals surface area contributed by atoms with Crippen molar-refractivity contribution in [2.24, 2.45) is 17.8 Å². The lowest BCUT2D eigenvalue weighted by molar-refractivity contribution is -0.129. The number of anilines is 1. The molecule has 0 amide bonds. The molecule has 4 saturated carbocycles. The highest BCUT2D eigenvalue weighted by Crippen LogP contribution is 2.56. The van der Waals surface area contributed by atoms with Crippen molar-refractivity contribution in [3.05, 3.63) is 23.5 Å². The predicted octanol–water partition coefficient (Wildman–Crippen LogP) is 3.66. The van der Waals surface area contributed by atoms with Gasteiger partial charge in [-0.1, -0.05) is 11.3 Å². The summed E-state index contributed by atoms with van der Waals surface area (Å²) < 4.78 is 0. The van der Waals surface area contributed by atoms with Crippen molar-refractivity contribution in [3.63, 3.8) is 0 Å². The minimum absolute atomic E-state index is 0.350. The highest BCUT2D eigenvalue weighted by Gasteiger charge is 2.54. The SMILES string of the molecule is CC(C)(O)c1nnc(-c2cnc3[nH]ccc3c2N[C@H]2[C@@H]3CC4C[C@H]2C[C@@](O)(C4)C3)s1. The molecule has 3 heterocycles. The largest absolute Gasteiger partial charge is 0.390 e. The molecule has 3 aromatic rings. The van der Waals surface area contributed by atoms with Crippen LogP contribution in [0.25, 0.3) is 21.6 Å². The number of hydrogen-bond donors (Lipinski definition) is 4. The first kappa shape index (κ1) is 18.7. The van der Waals surface area contributed by atoms with Gasteiger partial charge in [0.05, 0.1) is 16.9 Å². The van der Waals surface area contributed by atoms with Crippen LogP contribution >= 0.6 is 11.3 Å². The van der Waals surface area contributed by atoms with Crippen molar-refractivity contribution in [3.8, 4) is 10.6 Å². The number of hydrogen-bond acceptors (Lipinski definition) is 7. The van der Waals surface area contributed by atoms with Gasteiger partial charge in [-0.2, -0.15) is 0 Å². The molecule has 158 valence electrons. The van der Waals surface area contributed by atoms with Crippen molar-refractivity contribution in [1.82, 2.24) is 20.2 Å². The summed E-state index contributed by atoms with van der Waals surface area (Å²) in [6.45, 7) is 3.45. The maximum atomic E-state index is 11.0. The van der Waals surface area contributed by atoms with Crippen molar-refractivity contribution < 1.29 is 10.2 Å². The summed E-state index contributed by atoms with van der Waals surface area (Å²) in [5.74, 6) is 1.67. The van der Waals surface area contributed by atoms with Crippen LogP contribution in [0.15, 0.2) is 18.5 Å². The zero-order valence-corrected chi connectivity index (χ0v) is 18.0. The normalized spacial score (nSPS) is 32.8. The quantitative estimate of drug-likeness (QED) is 0.508. The van der Waals surface area contributed by atoms with Crippen LogP contribution in [0.2, 0.25) is 0 Å². The molecule has 7 rings (SSSR count). The number of rotatable bonds is 4. The highest BCUT2D eigenvalue weighted by atomic mass is 32.1. The van der Waals surface area contributed by atoms with E-state index in [1.807, 2.05) is 12.4 Å². The Kier molecular flexibility index (Phi) is 3.90. The molecule has 4 aliphatic rings. The summed E-state index contributed by atoms with van der Waals surface area (Å²) in [5.41, 5.74) is 1.33. The third-order valence-electron chi connectivity index (χ3n) is 7.32. The van der Waals surface area contributed by atoms with E-state index in [0.717, 1.165) is 46.6 Å². The molecule has 8 heteroatoms. The predicted molar refractivity (Wildman–Crippen MR) is 116 cm³/mol. The van der Waals surface area contributed by atoms with Gasteiger partial charge in [0.15, 0.2) is 5.01 Å². The molecule has 4 aliphatic carbocycles. The molecule has 0 radical (unpaired) electrons. The lowest BCUT2D eigenvalue weighted by atomic mass is 9.52. The van der Waals surface area contributed by atoms with Crippen molar-refractivity contribution >= 4 is 28.1 Å². The monoisotopic (exact) mass is 425 g/mol. The van der Waals surface area contributed by atoms with Crippen LogP contribution < -0.4 is 5.32 Å². The molecule has 1 unspecified atom stereocenters. The van der Waals surface area contributed by atoms with E-state index in [2.05, 4.69) is 31.5 Å². The Morgan fingerprint density at radius 2 is 1.97 bits per heavy atom. The number of aromatic nitrogens is 4. The molecule has 0 spiro atoms. The molecule has 3 aromatic heterocycles. The Morgan fingerprint density at radius 1 is 1.20 bits per heavy atom. The second-order valence-electron chi connectivity index (χ2n) is 10.1. The minimum Gasteiger partial charge on any atom is -0.390 e. The van der Waals surface area contributed by atoms with E-state index in [0.29, 0.717) is 28.8 Å². The number of H-pyrrole nitrogens is 1. The Hall–Kier alpha value is -2.03. The van der Waals surface area contributed by atoms with Crippen molar-refractivity contribution in [2.75, 3.05) is 5.32 Å². The average molecular weight is 426 g/mol. The molecule has 30 heavy (non-hydrogen) atoms. The third-order valence-corrected chi connectivity index (χ3v) is 8.59. The number of nitrogens with zero attached hydrogens (tertiary/aromatic N) is 3. The first-order valence-electron chi connectivity index (χ1n) is 10.8. The summed E-state index contributed by atoms with van der Waals surface area (Å²) in [6, 6.07) is 2.40. The third kappa shape index (κ3) is 2.88. The van der Waals surface area contributed by atoms with Crippen LogP contribution in [-0.4, -0.2) is 42.0 Å². The van der Waals surface area contributed by atoms with Crippen LogP contribution in [-0.2, 0) is 5.60 Å². The lowest BCUT2D eigenvalue weighted by Crippen LogP contribution is -2.59. The summed E-state index contributed by atoms with van der Waals surface area (Å²) in [5, 5.41) is 36.2. The topological polar surface area (TPSA) is 107 Å². The fourth-order valence-corrected chi connectivity index (χ4v) is 7.15. The molecule has 5 atom stereocenters. The van der Waals surface area contributed by atoms with E-state index in [4.69, 9.17) is 0 Å². The van der Waals surface area contributed by atoms with Gasteiger partial charge < -0.3 is 20.5 Å². The van der Waals surface area contributed by atoms with E-state index < -0.39 is 11.2 Å². The second-order valence-corrected chi connectivity index (χ2v) is 11.1. The van der Waals surface area contributed by atoms with E-state index in [-0.39, 0.29) is 0 Å². The summed E-state index contributed by atoms with van der Waals surface area (Å²) in [6.07, 6.45) is 8.95. The van der Waals surface area contributed by atoms with Crippen LogP contribution in [0.1, 0.15) is 51.0 Å². The van der Waals surface area contributed by atoms with E-state index in [1.54, 1.807) is 13.8 Å². The van der Waals surface area contributed by atoms with Gasteiger partial charge in [0.25, 0.3) is 0 Å². The number of aromatic amines is 1. The number of nitrogens with one attached hydrogen (secondary N) is 2. The van der Waals surface area contributed by atoms with Gasteiger partial charge in [0, 0.05) is 23.8 Å². The van der Waals surface area contributed by atoms with Crippen LogP contribution in [0, 0.1) is 17.8 Å². The van der Waals surface area contributed by atoms with Crippen molar-refractivity contribution in [2.45, 2.75) is 63.2 Å². The van der Waals surface area contributed by atoms with E-state index in [1.165, 1.54) is 24.2 Å². The zero-order chi connectivity index (χ0) is 20.7. The maximum absolute atomic E-state index is 11.0. The molecule has 0 saturated heterocycles. The second kappa shape index (κ2) is 6.24.